The molecule has 0 aromatic heterocycles. The number of aliphatic hydroxyl groups excluding tert-OH is 1. The highest BCUT2D eigenvalue weighted by Gasteiger charge is 2.41. The Morgan fingerprint density at radius 2 is 2.00 bits per heavy atom. The molecule has 0 aromatic rings. The maximum atomic E-state index is 12.1. The third kappa shape index (κ3) is 4.16. The second kappa shape index (κ2) is 6.68. The number of carbonyl (C=O) groups excluding carboxylic acids is 1. The normalized spacial score (nSPS) is 29.3. The fourth-order valence-electron chi connectivity index (χ4n) is 2.66. The molecule has 1 saturated heterocycles. The first kappa shape index (κ1) is 14.8. The lowest BCUT2D eigenvalue weighted by Gasteiger charge is -2.35. The van der Waals surface area contributed by atoms with Crippen LogP contribution in [0.3, 0.4) is 0 Å². The molecule has 3 atom stereocenters. The highest BCUT2D eigenvalue weighted by Crippen LogP contribution is 2.39. The molecule has 2 fully saturated rings. The highest BCUT2D eigenvalue weighted by molar-refractivity contribution is 5.81. The number of aliphatic hydroxyl groups is 1. The molecule has 1 aliphatic heterocycles. The molecule has 5 nitrogen and oxygen atoms in total. The SMILES string of the molecule is CCOC[C@H](O)CN1CCN(C(=O)[C@@H]2C[C@H]2C)CC1. The molecule has 0 spiro atoms. The number of carbonyl (C=O) groups is 1. The second-order valence-corrected chi connectivity index (χ2v) is 5.76. The van der Waals surface area contributed by atoms with Crippen molar-refractivity contribution < 1.29 is 14.6 Å². The van der Waals surface area contributed by atoms with E-state index >= 15 is 0 Å². The summed E-state index contributed by atoms with van der Waals surface area (Å²) >= 11 is 0. The van der Waals surface area contributed by atoms with E-state index in [1.807, 2.05) is 11.8 Å². The number of amides is 1. The zero-order chi connectivity index (χ0) is 13.8. The molecule has 2 aliphatic rings. The molecule has 1 saturated carbocycles. The molecule has 0 unspecified atom stereocenters. The van der Waals surface area contributed by atoms with E-state index in [1.54, 1.807) is 0 Å². The van der Waals surface area contributed by atoms with Crippen molar-refractivity contribution >= 4 is 5.91 Å². The van der Waals surface area contributed by atoms with Gasteiger partial charge in [0.05, 0.1) is 12.7 Å². The Hall–Kier alpha value is -0.650. The molecular formula is C14H26N2O3. The summed E-state index contributed by atoms with van der Waals surface area (Å²) in [7, 11) is 0. The van der Waals surface area contributed by atoms with Gasteiger partial charge in [-0.15, -0.1) is 0 Å². The van der Waals surface area contributed by atoms with Crippen LogP contribution in [0.2, 0.25) is 0 Å². The quantitative estimate of drug-likeness (QED) is 0.748. The zero-order valence-corrected chi connectivity index (χ0v) is 12.0. The molecule has 5 heteroatoms. The number of β-amino-alcohol motifs (C(OH)–C–C–N with tert-alkyl or cyclic N) is 1. The minimum atomic E-state index is -0.425. The van der Waals surface area contributed by atoms with E-state index in [2.05, 4.69) is 11.8 Å². The third-order valence-corrected chi connectivity index (χ3v) is 4.09. The van der Waals surface area contributed by atoms with Crippen molar-refractivity contribution in [3.8, 4) is 0 Å². The summed E-state index contributed by atoms with van der Waals surface area (Å²) in [6.45, 7) is 9.05. The molecular weight excluding hydrogens is 244 g/mol. The van der Waals surface area contributed by atoms with Gasteiger partial charge in [-0.3, -0.25) is 9.69 Å². The van der Waals surface area contributed by atoms with Gasteiger partial charge in [0, 0.05) is 45.2 Å². The van der Waals surface area contributed by atoms with E-state index in [0.29, 0.717) is 31.6 Å². The summed E-state index contributed by atoms with van der Waals surface area (Å²) in [5, 5.41) is 9.79. The van der Waals surface area contributed by atoms with E-state index in [-0.39, 0.29) is 5.92 Å². The maximum absolute atomic E-state index is 12.1. The number of ether oxygens (including phenoxy) is 1. The number of hydrogen-bond acceptors (Lipinski definition) is 4. The summed E-state index contributed by atoms with van der Waals surface area (Å²) in [5.41, 5.74) is 0. The van der Waals surface area contributed by atoms with Crippen molar-refractivity contribution in [2.24, 2.45) is 11.8 Å². The molecule has 19 heavy (non-hydrogen) atoms. The van der Waals surface area contributed by atoms with Crippen LogP contribution >= 0.6 is 0 Å². The van der Waals surface area contributed by atoms with Gasteiger partial charge in [-0.05, 0) is 19.3 Å². The van der Waals surface area contributed by atoms with Crippen molar-refractivity contribution in [2.75, 3.05) is 45.9 Å². The standard InChI is InChI=1S/C14H26N2O3/c1-3-19-10-12(17)9-15-4-6-16(7-5-15)14(18)13-8-11(13)2/h11-13,17H,3-10H2,1-2H3/t11-,12-,13-/m1/s1. The topological polar surface area (TPSA) is 53.0 Å². The van der Waals surface area contributed by atoms with Crippen LogP contribution in [0.4, 0.5) is 0 Å². The monoisotopic (exact) mass is 270 g/mol. The minimum absolute atomic E-state index is 0.287. The first-order valence-corrected chi connectivity index (χ1v) is 7.38. The molecule has 0 radical (unpaired) electrons. The number of nitrogens with zero attached hydrogens (tertiary/aromatic N) is 2. The fourth-order valence-corrected chi connectivity index (χ4v) is 2.66. The Balaban J connectivity index is 1.66. The Kier molecular flexibility index (Phi) is 5.19. The Bertz CT molecular complexity index is 303. The van der Waals surface area contributed by atoms with Crippen molar-refractivity contribution in [1.82, 2.24) is 9.80 Å². The predicted octanol–water partition coefficient (Wildman–Crippen LogP) is 0.184. The molecule has 1 N–H and O–H groups in total. The van der Waals surface area contributed by atoms with E-state index in [0.717, 1.165) is 32.6 Å². The average molecular weight is 270 g/mol. The average Bonchev–Trinajstić information content (AvgIpc) is 3.13. The lowest BCUT2D eigenvalue weighted by Crippen LogP contribution is -2.51. The Morgan fingerprint density at radius 3 is 2.53 bits per heavy atom. The first-order valence-electron chi connectivity index (χ1n) is 7.38. The lowest BCUT2D eigenvalue weighted by molar-refractivity contribution is -0.134. The number of piperazine rings is 1. The van der Waals surface area contributed by atoms with Gasteiger partial charge >= 0.3 is 0 Å². The van der Waals surface area contributed by atoms with Gasteiger partial charge in [-0.25, -0.2) is 0 Å². The molecule has 1 aliphatic carbocycles. The first-order chi connectivity index (χ1) is 9.11. The second-order valence-electron chi connectivity index (χ2n) is 5.76. The van der Waals surface area contributed by atoms with Crippen LogP contribution < -0.4 is 0 Å². The summed E-state index contributed by atoms with van der Waals surface area (Å²) in [4.78, 5) is 16.3. The highest BCUT2D eigenvalue weighted by atomic mass is 16.5. The summed E-state index contributed by atoms with van der Waals surface area (Å²) in [6, 6.07) is 0. The van der Waals surface area contributed by atoms with Gasteiger partial charge in [-0.1, -0.05) is 6.92 Å². The van der Waals surface area contributed by atoms with Crippen LogP contribution in [-0.2, 0) is 9.53 Å². The molecule has 1 amide bonds. The summed E-state index contributed by atoms with van der Waals surface area (Å²) in [6.07, 6.45) is 0.636. The van der Waals surface area contributed by atoms with E-state index in [4.69, 9.17) is 4.74 Å². The number of hydrogen-bond donors (Lipinski definition) is 1. The fraction of sp³-hybridized carbons (Fsp3) is 0.929. The van der Waals surface area contributed by atoms with Crippen molar-refractivity contribution in [3.05, 3.63) is 0 Å². The van der Waals surface area contributed by atoms with Crippen LogP contribution in [0.1, 0.15) is 20.3 Å². The molecule has 2 rings (SSSR count). The largest absolute Gasteiger partial charge is 0.389 e. The molecule has 0 bridgehead atoms. The Labute approximate surface area is 115 Å². The lowest BCUT2D eigenvalue weighted by atomic mass is 10.2. The van der Waals surface area contributed by atoms with Gasteiger partial charge < -0.3 is 14.7 Å². The van der Waals surface area contributed by atoms with Gasteiger partial charge in [-0.2, -0.15) is 0 Å². The molecule has 0 aromatic carbocycles. The van der Waals surface area contributed by atoms with Crippen LogP contribution in [0.15, 0.2) is 0 Å². The zero-order valence-electron chi connectivity index (χ0n) is 12.0. The van der Waals surface area contributed by atoms with Crippen LogP contribution in [0.5, 0.6) is 0 Å². The third-order valence-electron chi connectivity index (χ3n) is 4.09. The van der Waals surface area contributed by atoms with Gasteiger partial charge in [0.2, 0.25) is 5.91 Å². The van der Waals surface area contributed by atoms with E-state index in [1.165, 1.54) is 0 Å². The van der Waals surface area contributed by atoms with Crippen molar-refractivity contribution in [3.63, 3.8) is 0 Å². The van der Waals surface area contributed by atoms with Crippen LogP contribution in [0.25, 0.3) is 0 Å². The van der Waals surface area contributed by atoms with Gasteiger partial charge in [0.25, 0.3) is 0 Å². The van der Waals surface area contributed by atoms with Crippen LogP contribution in [0, 0.1) is 11.8 Å². The Morgan fingerprint density at radius 1 is 1.37 bits per heavy atom. The van der Waals surface area contributed by atoms with E-state index in [9.17, 15) is 9.90 Å². The van der Waals surface area contributed by atoms with Crippen molar-refractivity contribution in [1.29, 1.82) is 0 Å². The summed E-state index contributed by atoms with van der Waals surface area (Å²) in [5.74, 6) is 1.20. The smallest absolute Gasteiger partial charge is 0.226 e. The summed E-state index contributed by atoms with van der Waals surface area (Å²) < 4.78 is 5.21. The maximum Gasteiger partial charge on any atom is 0.226 e. The van der Waals surface area contributed by atoms with Gasteiger partial charge in [0.1, 0.15) is 0 Å². The van der Waals surface area contributed by atoms with Gasteiger partial charge in [0.15, 0.2) is 0 Å². The van der Waals surface area contributed by atoms with Crippen LogP contribution in [-0.4, -0.2) is 72.9 Å². The molecule has 1 heterocycles. The number of rotatable bonds is 6. The predicted molar refractivity (Wildman–Crippen MR) is 72.8 cm³/mol. The minimum Gasteiger partial charge on any atom is -0.389 e. The van der Waals surface area contributed by atoms with E-state index < -0.39 is 6.10 Å². The molecule has 110 valence electrons. The van der Waals surface area contributed by atoms with Crippen molar-refractivity contribution in [2.45, 2.75) is 26.4 Å².